The maximum Gasteiger partial charge on any atom is 0.312 e. The summed E-state index contributed by atoms with van der Waals surface area (Å²) in [6, 6.07) is 9.56. The Morgan fingerprint density at radius 3 is 2.62 bits per heavy atom. The summed E-state index contributed by atoms with van der Waals surface area (Å²) in [6.07, 6.45) is 0. The van der Waals surface area contributed by atoms with Gasteiger partial charge in [0.05, 0.1) is 6.61 Å². The van der Waals surface area contributed by atoms with E-state index in [9.17, 15) is 0 Å². The topological polar surface area (TPSA) is 30.5 Å². The molecule has 16 heavy (non-hydrogen) atoms. The van der Waals surface area contributed by atoms with Crippen molar-refractivity contribution in [2.24, 2.45) is 5.41 Å². The predicted molar refractivity (Wildman–Crippen MR) is 69.1 cm³/mol. The molecule has 0 saturated carbocycles. The van der Waals surface area contributed by atoms with Crippen molar-refractivity contribution >= 4 is 18.4 Å². The molecule has 1 N–H and O–H groups in total. The van der Waals surface area contributed by atoms with Crippen LogP contribution in [0.15, 0.2) is 30.3 Å². The van der Waals surface area contributed by atoms with Crippen LogP contribution in [0.1, 0.15) is 13.8 Å². The largest absolute Gasteiger partial charge is 0.433 e. The second kappa shape index (κ2) is 4.46. The highest BCUT2D eigenvalue weighted by Crippen LogP contribution is 2.48. The van der Waals surface area contributed by atoms with Crippen LogP contribution in [0, 0.1) is 5.41 Å². The van der Waals surface area contributed by atoms with Gasteiger partial charge in [-0.15, -0.1) is 0 Å². The molecular weight excluding hydrogens is 241 g/mol. The fourth-order valence-electron chi connectivity index (χ4n) is 1.35. The zero-order valence-electron chi connectivity index (χ0n) is 9.47. The zero-order valence-corrected chi connectivity index (χ0v) is 11.2. The van der Waals surface area contributed by atoms with E-state index in [1.54, 1.807) is 0 Å². The van der Waals surface area contributed by atoms with Crippen molar-refractivity contribution in [2.45, 2.75) is 13.8 Å². The van der Waals surface area contributed by atoms with E-state index < -0.39 is 6.64 Å². The average Bonchev–Trinajstić information content (AvgIpc) is 2.25. The normalized spacial score (nSPS) is 28.6. The van der Waals surface area contributed by atoms with Crippen LogP contribution in [0.4, 0.5) is 0 Å². The van der Waals surface area contributed by atoms with Gasteiger partial charge in [0.2, 0.25) is 0 Å². The maximum absolute atomic E-state index is 5.73. The first kappa shape index (κ1) is 12.1. The molecule has 1 aliphatic rings. The van der Waals surface area contributed by atoms with Crippen LogP contribution < -0.4 is 9.61 Å². The van der Waals surface area contributed by atoms with Crippen LogP contribution in [-0.4, -0.2) is 13.2 Å². The van der Waals surface area contributed by atoms with Gasteiger partial charge in [-0.25, -0.2) is 5.09 Å². The average molecular weight is 257 g/mol. The number of benzene rings is 1. The molecule has 1 fully saturated rings. The van der Waals surface area contributed by atoms with E-state index in [-0.39, 0.29) is 5.41 Å². The van der Waals surface area contributed by atoms with E-state index in [0.29, 0.717) is 6.61 Å². The first-order valence-corrected chi connectivity index (χ1v) is 7.87. The number of para-hydroxylation sites is 1. The Balaban J connectivity index is 2.03. The van der Waals surface area contributed by atoms with Crippen LogP contribution in [0.25, 0.3) is 0 Å². The van der Waals surface area contributed by atoms with Gasteiger partial charge in [0, 0.05) is 12.0 Å². The van der Waals surface area contributed by atoms with E-state index in [4.69, 9.17) is 20.9 Å². The summed E-state index contributed by atoms with van der Waals surface area (Å²) in [4.78, 5) is 0. The lowest BCUT2D eigenvalue weighted by Crippen LogP contribution is -2.38. The summed E-state index contributed by atoms with van der Waals surface area (Å²) < 4.78 is 11.4. The molecule has 88 valence electrons. The Morgan fingerprint density at radius 1 is 1.38 bits per heavy atom. The van der Waals surface area contributed by atoms with Crippen molar-refractivity contribution in [2.75, 3.05) is 13.2 Å². The quantitative estimate of drug-likeness (QED) is 0.825. The molecule has 3 nitrogen and oxygen atoms in total. The van der Waals surface area contributed by atoms with E-state index in [1.807, 2.05) is 30.3 Å². The minimum Gasteiger partial charge on any atom is -0.433 e. The number of rotatable bonds is 2. The highest BCUT2D eigenvalue weighted by atomic mass is 32.5. The lowest BCUT2D eigenvalue weighted by Gasteiger charge is -2.36. The Bertz CT molecular complexity index is 394. The minimum atomic E-state index is -2.33. The summed E-state index contributed by atoms with van der Waals surface area (Å²) in [5, 5.41) is 3.22. The number of nitrogens with one attached hydrogen (secondary N) is 1. The molecule has 5 heteroatoms. The highest BCUT2D eigenvalue weighted by Gasteiger charge is 2.33. The van der Waals surface area contributed by atoms with Crippen molar-refractivity contribution in [3.63, 3.8) is 0 Å². The molecule has 0 amide bonds. The molecular formula is C11H16NO2PS. The summed E-state index contributed by atoms with van der Waals surface area (Å²) in [6.45, 7) is 3.42. The van der Waals surface area contributed by atoms with Crippen LogP contribution >= 0.6 is 6.64 Å². The van der Waals surface area contributed by atoms with Gasteiger partial charge in [0.1, 0.15) is 5.75 Å². The van der Waals surface area contributed by atoms with Crippen molar-refractivity contribution < 1.29 is 9.05 Å². The molecule has 0 radical (unpaired) electrons. The number of hydrogen-bond donors (Lipinski definition) is 1. The van der Waals surface area contributed by atoms with Gasteiger partial charge < -0.3 is 9.05 Å². The first-order chi connectivity index (χ1) is 7.49. The zero-order chi connectivity index (χ0) is 11.6. The molecule has 0 aromatic heterocycles. The lowest BCUT2D eigenvalue weighted by molar-refractivity contribution is 0.152. The van der Waals surface area contributed by atoms with E-state index in [1.165, 1.54) is 0 Å². The van der Waals surface area contributed by atoms with Gasteiger partial charge in [0.25, 0.3) is 0 Å². The lowest BCUT2D eigenvalue weighted by atomic mass is 9.96. The molecule has 1 unspecified atom stereocenters. The van der Waals surface area contributed by atoms with E-state index in [0.717, 1.165) is 12.3 Å². The Kier molecular flexibility index (Phi) is 3.36. The summed E-state index contributed by atoms with van der Waals surface area (Å²) >= 11 is 5.39. The van der Waals surface area contributed by atoms with Gasteiger partial charge in [-0.05, 0) is 23.9 Å². The molecule has 2 rings (SSSR count). The summed E-state index contributed by atoms with van der Waals surface area (Å²) in [7, 11) is 0. The van der Waals surface area contributed by atoms with Crippen molar-refractivity contribution in [1.82, 2.24) is 5.09 Å². The smallest absolute Gasteiger partial charge is 0.312 e. The van der Waals surface area contributed by atoms with Gasteiger partial charge in [-0.3, -0.25) is 0 Å². The first-order valence-electron chi connectivity index (χ1n) is 5.24. The van der Waals surface area contributed by atoms with E-state index in [2.05, 4.69) is 18.9 Å². The Hall–Kier alpha value is -0.410. The third-order valence-electron chi connectivity index (χ3n) is 2.35. The third-order valence-corrected chi connectivity index (χ3v) is 4.74. The molecule has 1 aromatic carbocycles. The van der Waals surface area contributed by atoms with Crippen molar-refractivity contribution in [3.05, 3.63) is 30.3 Å². The summed E-state index contributed by atoms with van der Waals surface area (Å²) in [5.41, 5.74) is 0.127. The molecule has 1 saturated heterocycles. The molecule has 1 aliphatic heterocycles. The molecule has 1 aromatic rings. The fraction of sp³-hybridized carbons (Fsp3) is 0.455. The van der Waals surface area contributed by atoms with Crippen LogP contribution in [-0.2, 0) is 16.3 Å². The summed E-state index contributed by atoms with van der Waals surface area (Å²) in [5.74, 6) is 0.762. The third kappa shape index (κ3) is 3.05. The highest BCUT2D eigenvalue weighted by molar-refractivity contribution is 8.09. The molecule has 0 bridgehead atoms. The van der Waals surface area contributed by atoms with Crippen LogP contribution in [0.3, 0.4) is 0 Å². The minimum absolute atomic E-state index is 0.127. The second-order valence-electron chi connectivity index (χ2n) is 4.67. The van der Waals surface area contributed by atoms with Gasteiger partial charge in [-0.2, -0.15) is 0 Å². The molecule has 0 spiro atoms. The predicted octanol–water partition coefficient (Wildman–Crippen LogP) is 2.94. The number of hydrogen-bond acceptors (Lipinski definition) is 3. The van der Waals surface area contributed by atoms with Gasteiger partial charge >= 0.3 is 6.64 Å². The SMILES string of the molecule is CC1(C)CNP(=S)(Oc2ccccc2)OC1. The van der Waals surface area contributed by atoms with Crippen molar-refractivity contribution in [3.8, 4) is 5.75 Å². The maximum atomic E-state index is 5.73. The Labute approximate surface area is 101 Å². The van der Waals surface area contributed by atoms with E-state index >= 15 is 0 Å². The van der Waals surface area contributed by atoms with Crippen molar-refractivity contribution in [1.29, 1.82) is 0 Å². The molecule has 0 aliphatic carbocycles. The Morgan fingerprint density at radius 2 is 2.06 bits per heavy atom. The van der Waals surface area contributed by atoms with Crippen LogP contribution in [0.2, 0.25) is 0 Å². The second-order valence-corrected chi connectivity index (χ2v) is 7.87. The fourth-order valence-corrected chi connectivity index (χ4v) is 3.70. The van der Waals surface area contributed by atoms with Gasteiger partial charge in [0.15, 0.2) is 0 Å². The van der Waals surface area contributed by atoms with Gasteiger partial charge in [-0.1, -0.05) is 32.0 Å². The van der Waals surface area contributed by atoms with Crippen LogP contribution in [0.5, 0.6) is 5.75 Å². The monoisotopic (exact) mass is 257 g/mol. The molecule has 1 atom stereocenters. The standard InChI is InChI=1S/C11H16NO2PS/c1-11(2)8-12-15(16,13-9-11)14-10-6-4-3-5-7-10/h3-7H,8-9H2,1-2H3,(H,12,16). The molecule has 1 heterocycles.